The summed E-state index contributed by atoms with van der Waals surface area (Å²) in [6.45, 7) is 5.82. The fraction of sp³-hybridized carbons (Fsp3) is 0.385. The molecule has 2 rings (SSSR count). The van der Waals surface area contributed by atoms with E-state index in [9.17, 15) is 4.79 Å². The van der Waals surface area contributed by atoms with Crippen LogP contribution in [0.3, 0.4) is 0 Å². The maximum atomic E-state index is 10.9. The first kappa shape index (κ1) is 11.6. The van der Waals surface area contributed by atoms with Crippen LogP contribution in [0.2, 0.25) is 0 Å². The molecule has 1 N–H and O–H groups in total. The van der Waals surface area contributed by atoms with E-state index in [2.05, 4.69) is 18.9 Å². The molecule has 90 valence electrons. The van der Waals surface area contributed by atoms with Gasteiger partial charge in [0.15, 0.2) is 0 Å². The first-order chi connectivity index (χ1) is 7.99. The van der Waals surface area contributed by atoms with E-state index in [1.807, 2.05) is 29.1 Å². The molecule has 4 nitrogen and oxygen atoms in total. The highest BCUT2D eigenvalue weighted by molar-refractivity contribution is 5.82. The maximum absolute atomic E-state index is 10.9. The number of carboxylic acid groups (broad SMARTS) is 1. The van der Waals surface area contributed by atoms with Crippen molar-refractivity contribution in [2.75, 3.05) is 0 Å². The van der Waals surface area contributed by atoms with Crippen LogP contribution >= 0.6 is 0 Å². The number of aromatic nitrogens is 2. The zero-order chi connectivity index (χ0) is 12.6. The Morgan fingerprint density at radius 3 is 2.65 bits per heavy atom. The summed E-state index contributed by atoms with van der Waals surface area (Å²) in [7, 11) is 0. The molecule has 0 radical (unpaired) electrons. The number of nitrogens with zero attached hydrogens (tertiary/aromatic N) is 2. The Morgan fingerprint density at radius 1 is 1.35 bits per heavy atom. The van der Waals surface area contributed by atoms with Crippen molar-refractivity contribution in [3.05, 3.63) is 30.0 Å². The van der Waals surface area contributed by atoms with Crippen LogP contribution in [0.25, 0.3) is 10.9 Å². The summed E-state index contributed by atoms with van der Waals surface area (Å²) in [5.74, 6) is -1.29. The minimum atomic E-state index is -0.805. The largest absolute Gasteiger partial charge is 0.481 e. The molecule has 0 aliphatic carbocycles. The molecule has 1 atom stereocenters. The number of carbonyl (C=O) groups is 1. The van der Waals surface area contributed by atoms with Gasteiger partial charge < -0.3 is 5.11 Å². The Labute approximate surface area is 99.9 Å². The van der Waals surface area contributed by atoms with Gasteiger partial charge in [0.2, 0.25) is 0 Å². The number of hydrogen-bond acceptors (Lipinski definition) is 2. The molecule has 0 saturated heterocycles. The van der Waals surface area contributed by atoms with Gasteiger partial charge in [-0.1, -0.05) is 6.07 Å². The molecular formula is C13H16N2O2. The normalized spacial score (nSPS) is 13.2. The van der Waals surface area contributed by atoms with E-state index in [1.54, 1.807) is 6.92 Å². The van der Waals surface area contributed by atoms with Crippen LogP contribution in [0.1, 0.15) is 38.3 Å². The van der Waals surface area contributed by atoms with E-state index in [0.29, 0.717) is 6.04 Å². The first-order valence-corrected chi connectivity index (χ1v) is 5.70. The Hall–Kier alpha value is -1.84. The summed E-state index contributed by atoms with van der Waals surface area (Å²) < 4.78 is 1.89. The second kappa shape index (κ2) is 4.20. The number of hydrogen-bond donors (Lipinski definition) is 1. The van der Waals surface area contributed by atoms with Gasteiger partial charge in [0, 0.05) is 17.6 Å². The molecule has 2 aromatic rings. The van der Waals surface area contributed by atoms with Gasteiger partial charge in [-0.05, 0) is 38.5 Å². The molecule has 0 amide bonds. The summed E-state index contributed by atoms with van der Waals surface area (Å²) in [5.41, 5.74) is 1.72. The Balaban J connectivity index is 2.46. The predicted octanol–water partition coefficient (Wildman–Crippen LogP) is 2.81. The smallest absolute Gasteiger partial charge is 0.310 e. The highest BCUT2D eigenvalue weighted by Crippen LogP contribution is 2.22. The molecule has 0 spiro atoms. The zero-order valence-electron chi connectivity index (χ0n) is 10.2. The van der Waals surface area contributed by atoms with Gasteiger partial charge in [0.25, 0.3) is 0 Å². The van der Waals surface area contributed by atoms with Crippen LogP contribution < -0.4 is 0 Å². The third-order valence-corrected chi connectivity index (χ3v) is 2.95. The van der Waals surface area contributed by atoms with Crippen molar-refractivity contribution in [2.45, 2.75) is 32.7 Å². The van der Waals surface area contributed by atoms with Crippen molar-refractivity contribution in [2.24, 2.45) is 0 Å². The molecule has 0 bridgehead atoms. The lowest BCUT2D eigenvalue weighted by Crippen LogP contribution is -2.06. The van der Waals surface area contributed by atoms with Crippen molar-refractivity contribution in [1.29, 1.82) is 0 Å². The fourth-order valence-electron chi connectivity index (χ4n) is 1.74. The fourth-order valence-corrected chi connectivity index (χ4v) is 1.74. The van der Waals surface area contributed by atoms with E-state index in [4.69, 9.17) is 5.11 Å². The number of benzene rings is 1. The summed E-state index contributed by atoms with van der Waals surface area (Å²) in [4.78, 5) is 10.9. The zero-order valence-corrected chi connectivity index (χ0v) is 10.2. The predicted molar refractivity (Wildman–Crippen MR) is 66.2 cm³/mol. The number of rotatable bonds is 3. The highest BCUT2D eigenvalue weighted by atomic mass is 16.4. The Kier molecular flexibility index (Phi) is 2.88. The van der Waals surface area contributed by atoms with Gasteiger partial charge in [0.05, 0.1) is 11.4 Å². The minimum absolute atomic E-state index is 0.308. The molecule has 1 unspecified atom stereocenters. The lowest BCUT2D eigenvalue weighted by molar-refractivity contribution is -0.138. The van der Waals surface area contributed by atoms with Crippen molar-refractivity contribution >= 4 is 16.9 Å². The van der Waals surface area contributed by atoms with Crippen LogP contribution in [0, 0.1) is 0 Å². The lowest BCUT2D eigenvalue weighted by Gasteiger charge is -2.05. The number of carboxylic acids is 1. The Morgan fingerprint density at radius 2 is 2.06 bits per heavy atom. The summed E-state index contributed by atoms with van der Waals surface area (Å²) in [6, 6.07) is 5.92. The molecular weight excluding hydrogens is 216 g/mol. The van der Waals surface area contributed by atoms with Crippen molar-refractivity contribution in [3.63, 3.8) is 0 Å². The summed E-state index contributed by atoms with van der Waals surface area (Å²) in [6.07, 6.45) is 1.96. The van der Waals surface area contributed by atoms with Gasteiger partial charge in [-0.2, -0.15) is 5.10 Å². The minimum Gasteiger partial charge on any atom is -0.481 e. The molecule has 0 aliphatic rings. The van der Waals surface area contributed by atoms with Crippen molar-refractivity contribution in [1.82, 2.24) is 9.78 Å². The quantitative estimate of drug-likeness (QED) is 0.885. The van der Waals surface area contributed by atoms with E-state index >= 15 is 0 Å². The van der Waals surface area contributed by atoms with Crippen molar-refractivity contribution in [3.8, 4) is 0 Å². The van der Waals surface area contributed by atoms with Gasteiger partial charge >= 0.3 is 5.97 Å². The topological polar surface area (TPSA) is 55.1 Å². The molecule has 4 heteroatoms. The highest BCUT2D eigenvalue weighted by Gasteiger charge is 2.14. The average Bonchev–Trinajstić information content (AvgIpc) is 2.70. The molecule has 1 aromatic carbocycles. The standard InChI is InChI=1S/C13H16N2O2/c1-8(2)15-7-11-6-10(9(3)13(16)17)4-5-12(11)14-15/h4-9H,1-3H3,(H,16,17). The Bertz CT molecular complexity index is 558. The number of fused-ring (bicyclic) bond motifs is 1. The average molecular weight is 232 g/mol. The van der Waals surface area contributed by atoms with E-state index in [-0.39, 0.29) is 0 Å². The monoisotopic (exact) mass is 232 g/mol. The van der Waals surface area contributed by atoms with Crippen LogP contribution in [-0.2, 0) is 4.79 Å². The molecule has 1 aromatic heterocycles. The van der Waals surface area contributed by atoms with Gasteiger partial charge in [-0.3, -0.25) is 9.48 Å². The van der Waals surface area contributed by atoms with Crippen LogP contribution in [-0.4, -0.2) is 20.9 Å². The molecule has 1 heterocycles. The van der Waals surface area contributed by atoms with Crippen LogP contribution in [0.15, 0.2) is 24.4 Å². The van der Waals surface area contributed by atoms with E-state index < -0.39 is 11.9 Å². The molecule has 0 saturated carbocycles. The third-order valence-electron chi connectivity index (χ3n) is 2.95. The summed E-state index contributed by atoms with van der Waals surface area (Å²) in [5, 5.41) is 14.4. The first-order valence-electron chi connectivity index (χ1n) is 5.70. The number of aliphatic carboxylic acids is 1. The van der Waals surface area contributed by atoms with Gasteiger partial charge in [-0.25, -0.2) is 0 Å². The molecule has 0 fully saturated rings. The lowest BCUT2D eigenvalue weighted by atomic mass is 10.0. The van der Waals surface area contributed by atoms with E-state index in [1.165, 1.54) is 0 Å². The second-order valence-corrected chi connectivity index (χ2v) is 4.58. The van der Waals surface area contributed by atoms with Crippen molar-refractivity contribution < 1.29 is 9.90 Å². The van der Waals surface area contributed by atoms with Crippen LogP contribution in [0.4, 0.5) is 0 Å². The molecule has 17 heavy (non-hydrogen) atoms. The summed E-state index contributed by atoms with van der Waals surface area (Å²) >= 11 is 0. The maximum Gasteiger partial charge on any atom is 0.310 e. The third kappa shape index (κ3) is 2.16. The van der Waals surface area contributed by atoms with Gasteiger partial charge in [0.1, 0.15) is 0 Å². The second-order valence-electron chi connectivity index (χ2n) is 4.58. The SMILES string of the molecule is CC(C(=O)O)c1ccc2nn(C(C)C)cc2c1. The van der Waals surface area contributed by atoms with Gasteiger partial charge in [-0.15, -0.1) is 0 Å². The molecule has 0 aliphatic heterocycles. The van der Waals surface area contributed by atoms with E-state index in [0.717, 1.165) is 16.5 Å². The van der Waals surface area contributed by atoms with Crippen LogP contribution in [0.5, 0.6) is 0 Å².